The molecule has 0 saturated carbocycles. The molecular formula is C21H20N2O5S. The lowest BCUT2D eigenvalue weighted by Crippen LogP contribution is -2.37. The minimum absolute atomic E-state index is 0.180. The summed E-state index contributed by atoms with van der Waals surface area (Å²) in [5.74, 6) is -1.19. The second-order valence-electron chi connectivity index (χ2n) is 6.35. The topological polar surface area (TPSA) is 92.8 Å². The van der Waals surface area contributed by atoms with Crippen molar-refractivity contribution in [3.63, 3.8) is 0 Å². The van der Waals surface area contributed by atoms with Crippen molar-refractivity contribution >= 4 is 44.0 Å². The Morgan fingerprint density at radius 1 is 0.966 bits per heavy atom. The number of esters is 1. The third-order valence-electron chi connectivity index (χ3n) is 4.33. The van der Waals surface area contributed by atoms with Crippen LogP contribution in [0, 0.1) is 0 Å². The average molecular weight is 412 g/mol. The highest BCUT2D eigenvalue weighted by Crippen LogP contribution is 2.28. The maximum Gasteiger partial charge on any atom is 0.339 e. The highest BCUT2D eigenvalue weighted by Gasteiger charge is 2.23. The predicted molar refractivity (Wildman–Crippen MR) is 113 cm³/mol. The molecular weight excluding hydrogens is 392 g/mol. The van der Waals surface area contributed by atoms with Gasteiger partial charge in [-0.1, -0.05) is 48.5 Å². The van der Waals surface area contributed by atoms with Gasteiger partial charge in [0.15, 0.2) is 0 Å². The molecule has 3 aromatic carbocycles. The van der Waals surface area contributed by atoms with E-state index in [4.69, 9.17) is 4.74 Å². The zero-order valence-electron chi connectivity index (χ0n) is 16.0. The zero-order valence-corrected chi connectivity index (χ0v) is 16.8. The summed E-state index contributed by atoms with van der Waals surface area (Å²) in [7, 11) is -2.50. The van der Waals surface area contributed by atoms with Gasteiger partial charge in [-0.15, -0.1) is 0 Å². The molecule has 150 valence electrons. The Morgan fingerprint density at radius 3 is 2.34 bits per heavy atom. The van der Waals surface area contributed by atoms with Crippen LogP contribution in [-0.4, -0.2) is 40.2 Å². The number of ether oxygens (including phenoxy) is 1. The Hall–Kier alpha value is -3.39. The van der Waals surface area contributed by atoms with Crippen LogP contribution < -0.4 is 9.62 Å². The molecule has 0 atom stereocenters. The van der Waals surface area contributed by atoms with E-state index in [0.29, 0.717) is 11.1 Å². The van der Waals surface area contributed by atoms with Gasteiger partial charge in [0.25, 0.3) is 0 Å². The molecule has 0 fully saturated rings. The number of anilines is 2. The van der Waals surface area contributed by atoms with Crippen molar-refractivity contribution in [2.24, 2.45) is 0 Å². The summed E-state index contributed by atoms with van der Waals surface area (Å²) in [4.78, 5) is 24.6. The first-order valence-electron chi connectivity index (χ1n) is 8.74. The van der Waals surface area contributed by atoms with E-state index in [2.05, 4.69) is 5.32 Å². The number of sulfonamides is 1. The van der Waals surface area contributed by atoms with Crippen molar-refractivity contribution in [3.8, 4) is 0 Å². The number of methoxy groups -OCH3 is 1. The van der Waals surface area contributed by atoms with E-state index < -0.39 is 28.4 Å². The number of fused-ring (bicyclic) bond motifs is 1. The number of carbonyl (C=O) groups is 2. The Morgan fingerprint density at radius 2 is 1.62 bits per heavy atom. The molecule has 0 aliphatic rings. The molecule has 7 nitrogen and oxygen atoms in total. The summed E-state index contributed by atoms with van der Waals surface area (Å²) in [6, 6.07) is 18.9. The third kappa shape index (κ3) is 4.55. The van der Waals surface area contributed by atoms with E-state index in [9.17, 15) is 18.0 Å². The molecule has 0 aliphatic heterocycles. The standard InChI is InChI=1S/C21H20N2O5S/c1-28-21(25)17-11-5-6-12-18(17)22-20(24)14-23(29(2,26)27)19-13-7-9-15-8-3-4-10-16(15)19/h3-13H,14H2,1-2H3,(H,22,24). The minimum atomic E-state index is -3.75. The van der Waals surface area contributed by atoms with Crippen LogP contribution in [0.3, 0.4) is 0 Å². The summed E-state index contributed by atoms with van der Waals surface area (Å²) in [6.07, 6.45) is 1.05. The van der Waals surface area contributed by atoms with E-state index in [1.165, 1.54) is 13.2 Å². The number of nitrogens with one attached hydrogen (secondary N) is 1. The highest BCUT2D eigenvalue weighted by atomic mass is 32.2. The van der Waals surface area contributed by atoms with Gasteiger partial charge >= 0.3 is 5.97 Å². The molecule has 3 aromatic rings. The Bertz CT molecular complexity index is 1170. The lowest BCUT2D eigenvalue weighted by Gasteiger charge is -2.23. The zero-order chi connectivity index (χ0) is 21.0. The maximum absolute atomic E-state index is 12.7. The molecule has 0 heterocycles. The van der Waals surface area contributed by atoms with Crippen molar-refractivity contribution in [1.82, 2.24) is 0 Å². The average Bonchev–Trinajstić information content (AvgIpc) is 2.71. The fourth-order valence-electron chi connectivity index (χ4n) is 3.01. The molecule has 1 amide bonds. The predicted octanol–water partition coefficient (Wildman–Crippen LogP) is 3.03. The first-order valence-corrected chi connectivity index (χ1v) is 10.6. The summed E-state index contributed by atoms with van der Waals surface area (Å²) in [5, 5.41) is 4.17. The van der Waals surface area contributed by atoms with Gasteiger partial charge < -0.3 is 10.1 Å². The highest BCUT2D eigenvalue weighted by molar-refractivity contribution is 7.92. The van der Waals surface area contributed by atoms with Crippen molar-refractivity contribution in [2.45, 2.75) is 0 Å². The van der Waals surface area contributed by atoms with E-state index >= 15 is 0 Å². The fourth-order valence-corrected chi connectivity index (χ4v) is 3.88. The van der Waals surface area contributed by atoms with Gasteiger partial charge in [0.1, 0.15) is 6.54 Å². The summed E-state index contributed by atoms with van der Waals surface area (Å²) in [6.45, 7) is -0.442. The molecule has 29 heavy (non-hydrogen) atoms. The van der Waals surface area contributed by atoms with Crippen LogP contribution in [0.1, 0.15) is 10.4 Å². The Kier molecular flexibility index (Phi) is 5.84. The van der Waals surface area contributed by atoms with Gasteiger partial charge in [-0.05, 0) is 23.6 Å². The van der Waals surface area contributed by atoms with Crippen molar-refractivity contribution < 1.29 is 22.7 Å². The van der Waals surface area contributed by atoms with Crippen LogP contribution in [0.5, 0.6) is 0 Å². The second-order valence-corrected chi connectivity index (χ2v) is 8.26. The molecule has 0 aromatic heterocycles. The number of nitrogens with zero attached hydrogens (tertiary/aromatic N) is 1. The van der Waals surface area contributed by atoms with Gasteiger partial charge in [-0.25, -0.2) is 13.2 Å². The lowest BCUT2D eigenvalue weighted by molar-refractivity contribution is -0.114. The largest absolute Gasteiger partial charge is 0.465 e. The Balaban J connectivity index is 1.93. The molecule has 0 spiro atoms. The first-order chi connectivity index (χ1) is 13.8. The molecule has 0 saturated heterocycles. The van der Waals surface area contributed by atoms with Crippen LogP contribution in [0.4, 0.5) is 11.4 Å². The normalized spacial score (nSPS) is 11.1. The number of amides is 1. The van der Waals surface area contributed by atoms with Crippen molar-refractivity contribution in [2.75, 3.05) is 29.5 Å². The lowest BCUT2D eigenvalue weighted by atomic mass is 10.1. The van der Waals surface area contributed by atoms with Gasteiger partial charge in [0.05, 0.1) is 30.3 Å². The van der Waals surface area contributed by atoms with E-state index in [1.807, 2.05) is 18.2 Å². The quantitative estimate of drug-likeness (QED) is 0.628. The minimum Gasteiger partial charge on any atom is -0.465 e. The summed E-state index contributed by atoms with van der Waals surface area (Å²) < 4.78 is 30.7. The molecule has 1 N–H and O–H groups in total. The van der Waals surface area contributed by atoms with E-state index in [-0.39, 0.29) is 11.3 Å². The smallest absolute Gasteiger partial charge is 0.339 e. The second kappa shape index (κ2) is 8.32. The molecule has 8 heteroatoms. The molecule has 3 rings (SSSR count). The number of benzene rings is 3. The number of hydrogen-bond acceptors (Lipinski definition) is 5. The van der Waals surface area contributed by atoms with Crippen LogP contribution in [0.25, 0.3) is 10.8 Å². The van der Waals surface area contributed by atoms with Gasteiger partial charge in [0.2, 0.25) is 15.9 Å². The van der Waals surface area contributed by atoms with Crippen LogP contribution in [0.2, 0.25) is 0 Å². The van der Waals surface area contributed by atoms with Gasteiger partial charge in [-0.3, -0.25) is 9.10 Å². The van der Waals surface area contributed by atoms with Crippen molar-refractivity contribution in [1.29, 1.82) is 0 Å². The monoisotopic (exact) mass is 412 g/mol. The van der Waals surface area contributed by atoms with Crippen LogP contribution in [-0.2, 0) is 19.6 Å². The first kappa shape index (κ1) is 20.3. The van der Waals surface area contributed by atoms with Gasteiger partial charge in [0, 0.05) is 5.39 Å². The number of hydrogen-bond donors (Lipinski definition) is 1. The molecule has 0 unspecified atom stereocenters. The van der Waals surface area contributed by atoms with E-state index in [0.717, 1.165) is 15.9 Å². The fraction of sp³-hybridized carbons (Fsp3) is 0.143. The number of carbonyl (C=O) groups excluding carboxylic acids is 2. The maximum atomic E-state index is 12.7. The van der Waals surface area contributed by atoms with Crippen molar-refractivity contribution in [3.05, 3.63) is 72.3 Å². The number of para-hydroxylation sites is 1. The van der Waals surface area contributed by atoms with Gasteiger partial charge in [-0.2, -0.15) is 0 Å². The Labute approximate surface area is 169 Å². The SMILES string of the molecule is COC(=O)c1ccccc1NC(=O)CN(c1cccc2ccccc12)S(C)(=O)=O. The third-order valence-corrected chi connectivity index (χ3v) is 5.46. The summed E-state index contributed by atoms with van der Waals surface area (Å²) in [5.41, 5.74) is 0.831. The number of rotatable bonds is 6. The van der Waals surface area contributed by atoms with E-state index in [1.54, 1.807) is 42.5 Å². The molecule has 0 bridgehead atoms. The summed E-state index contributed by atoms with van der Waals surface area (Å²) >= 11 is 0. The molecule has 0 aliphatic carbocycles. The van der Waals surface area contributed by atoms with Crippen LogP contribution in [0.15, 0.2) is 66.7 Å². The molecule has 0 radical (unpaired) electrons. The van der Waals surface area contributed by atoms with Crippen LogP contribution >= 0.6 is 0 Å².